The van der Waals surface area contributed by atoms with E-state index in [1.807, 2.05) is 30.3 Å². The zero-order valence-electron chi connectivity index (χ0n) is 15.1. The van der Waals surface area contributed by atoms with Gasteiger partial charge in [-0.2, -0.15) is 0 Å². The molecule has 4 rings (SSSR count). The van der Waals surface area contributed by atoms with E-state index < -0.39 is 5.82 Å². The number of nitrogens with zero attached hydrogens (tertiary/aromatic N) is 2. The third-order valence-electron chi connectivity index (χ3n) is 4.37. The van der Waals surface area contributed by atoms with Crippen molar-refractivity contribution in [3.8, 4) is 11.4 Å². The maximum absolute atomic E-state index is 14.5. The number of benzene rings is 3. The van der Waals surface area contributed by atoms with Crippen LogP contribution in [0.2, 0.25) is 0 Å². The molecule has 6 heteroatoms. The van der Waals surface area contributed by atoms with Gasteiger partial charge in [-0.1, -0.05) is 48.2 Å². The highest BCUT2D eigenvalue weighted by Crippen LogP contribution is 2.26. The number of ether oxygens (including phenoxy) is 1. The Morgan fingerprint density at radius 2 is 1.71 bits per heavy atom. The first-order chi connectivity index (χ1) is 13.7. The summed E-state index contributed by atoms with van der Waals surface area (Å²) < 4.78 is 21.0. The minimum Gasteiger partial charge on any atom is -0.497 e. The van der Waals surface area contributed by atoms with E-state index in [4.69, 9.17) is 4.74 Å². The van der Waals surface area contributed by atoms with E-state index in [2.05, 4.69) is 4.98 Å². The standard InChI is InChI=1S/C22H17FN2O2S/c1-27-16-12-10-15(11-13-16)14-28-22-24-19-8-4-2-6-17(19)21(26)25(22)20-9-5-3-7-18(20)23/h2-13H,14H2,1H3. The molecule has 0 N–H and O–H groups in total. The molecule has 4 aromatic rings. The molecule has 0 bridgehead atoms. The monoisotopic (exact) mass is 392 g/mol. The van der Waals surface area contributed by atoms with Crippen LogP contribution in [0.1, 0.15) is 5.56 Å². The van der Waals surface area contributed by atoms with Gasteiger partial charge in [-0.05, 0) is 42.0 Å². The normalized spacial score (nSPS) is 10.9. The SMILES string of the molecule is COc1ccc(CSc2nc3ccccc3c(=O)n2-c2ccccc2F)cc1. The predicted octanol–water partition coefficient (Wildman–Crippen LogP) is 4.83. The summed E-state index contributed by atoms with van der Waals surface area (Å²) in [6.45, 7) is 0. The van der Waals surface area contributed by atoms with E-state index in [1.54, 1.807) is 43.5 Å². The molecule has 0 amide bonds. The first-order valence-electron chi connectivity index (χ1n) is 8.70. The van der Waals surface area contributed by atoms with Gasteiger partial charge in [0.1, 0.15) is 11.6 Å². The average molecular weight is 392 g/mol. The number of halogens is 1. The Morgan fingerprint density at radius 3 is 2.46 bits per heavy atom. The van der Waals surface area contributed by atoms with Crippen molar-refractivity contribution in [3.63, 3.8) is 0 Å². The number of para-hydroxylation sites is 2. The van der Waals surface area contributed by atoms with E-state index >= 15 is 0 Å². The molecule has 0 aliphatic heterocycles. The lowest BCUT2D eigenvalue weighted by atomic mass is 10.2. The van der Waals surface area contributed by atoms with E-state index in [-0.39, 0.29) is 11.2 Å². The van der Waals surface area contributed by atoms with Crippen LogP contribution in [0, 0.1) is 5.82 Å². The van der Waals surface area contributed by atoms with Crippen LogP contribution in [-0.2, 0) is 5.75 Å². The Morgan fingerprint density at radius 1 is 1.00 bits per heavy atom. The fourth-order valence-electron chi connectivity index (χ4n) is 2.92. The van der Waals surface area contributed by atoms with Gasteiger partial charge < -0.3 is 4.74 Å². The van der Waals surface area contributed by atoms with Crippen molar-refractivity contribution in [2.75, 3.05) is 7.11 Å². The minimum absolute atomic E-state index is 0.197. The molecule has 28 heavy (non-hydrogen) atoms. The smallest absolute Gasteiger partial charge is 0.266 e. The molecule has 0 aliphatic rings. The van der Waals surface area contributed by atoms with Crippen LogP contribution < -0.4 is 10.3 Å². The fraction of sp³-hybridized carbons (Fsp3) is 0.0909. The molecule has 0 unspecified atom stereocenters. The first kappa shape index (κ1) is 18.3. The highest BCUT2D eigenvalue weighted by atomic mass is 32.2. The first-order valence-corrected chi connectivity index (χ1v) is 9.68. The van der Waals surface area contributed by atoms with Gasteiger partial charge in [0, 0.05) is 5.75 Å². The van der Waals surface area contributed by atoms with Gasteiger partial charge in [-0.3, -0.25) is 9.36 Å². The zero-order chi connectivity index (χ0) is 19.5. The number of fused-ring (bicyclic) bond motifs is 1. The number of rotatable bonds is 5. The Hall–Kier alpha value is -3.12. The van der Waals surface area contributed by atoms with Crippen molar-refractivity contribution in [1.82, 2.24) is 9.55 Å². The second kappa shape index (κ2) is 7.86. The van der Waals surface area contributed by atoms with Crippen molar-refractivity contribution in [2.45, 2.75) is 10.9 Å². The summed E-state index contributed by atoms with van der Waals surface area (Å²) in [5.74, 6) is 0.900. The lowest BCUT2D eigenvalue weighted by Crippen LogP contribution is -2.22. The van der Waals surface area contributed by atoms with Gasteiger partial charge in [0.2, 0.25) is 0 Å². The van der Waals surface area contributed by atoms with E-state index in [1.165, 1.54) is 22.4 Å². The highest BCUT2D eigenvalue weighted by molar-refractivity contribution is 7.98. The third-order valence-corrected chi connectivity index (χ3v) is 5.38. The lowest BCUT2D eigenvalue weighted by Gasteiger charge is -2.14. The van der Waals surface area contributed by atoms with Crippen molar-refractivity contribution in [3.05, 3.63) is 94.5 Å². The summed E-state index contributed by atoms with van der Waals surface area (Å²) in [5, 5.41) is 0.907. The topological polar surface area (TPSA) is 44.1 Å². The highest BCUT2D eigenvalue weighted by Gasteiger charge is 2.16. The fourth-order valence-corrected chi connectivity index (χ4v) is 3.89. The minimum atomic E-state index is -0.465. The van der Waals surface area contributed by atoms with Crippen molar-refractivity contribution < 1.29 is 9.13 Å². The Balaban J connectivity index is 1.80. The molecule has 0 atom stereocenters. The zero-order valence-corrected chi connectivity index (χ0v) is 15.9. The molecule has 0 spiro atoms. The summed E-state index contributed by atoms with van der Waals surface area (Å²) in [4.78, 5) is 17.8. The lowest BCUT2D eigenvalue weighted by molar-refractivity contribution is 0.414. The van der Waals surface area contributed by atoms with Gasteiger partial charge in [-0.15, -0.1) is 0 Å². The average Bonchev–Trinajstić information content (AvgIpc) is 2.73. The number of thioether (sulfide) groups is 1. The van der Waals surface area contributed by atoms with E-state index in [0.29, 0.717) is 21.8 Å². The molecule has 140 valence electrons. The van der Waals surface area contributed by atoms with Gasteiger partial charge in [-0.25, -0.2) is 9.37 Å². The van der Waals surface area contributed by atoms with Gasteiger partial charge in [0.15, 0.2) is 5.16 Å². The van der Waals surface area contributed by atoms with Crippen LogP contribution in [0.5, 0.6) is 5.75 Å². The summed E-state index contributed by atoms with van der Waals surface area (Å²) in [6, 6.07) is 21.0. The van der Waals surface area contributed by atoms with Crippen LogP contribution in [0.25, 0.3) is 16.6 Å². The van der Waals surface area contributed by atoms with Crippen molar-refractivity contribution in [1.29, 1.82) is 0 Å². The largest absolute Gasteiger partial charge is 0.497 e. The number of hydrogen-bond acceptors (Lipinski definition) is 4. The van der Waals surface area contributed by atoms with Crippen LogP contribution >= 0.6 is 11.8 Å². The molecular formula is C22H17FN2O2S. The van der Waals surface area contributed by atoms with Crippen LogP contribution in [-0.4, -0.2) is 16.7 Å². The second-order valence-corrected chi connectivity index (χ2v) is 7.08. The van der Waals surface area contributed by atoms with Crippen LogP contribution in [0.15, 0.2) is 82.7 Å². The number of hydrogen-bond donors (Lipinski definition) is 0. The van der Waals surface area contributed by atoms with E-state index in [0.717, 1.165) is 11.3 Å². The molecule has 0 aliphatic carbocycles. The molecule has 0 radical (unpaired) electrons. The summed E-state index contributed by atoms with van der Waals surface area (Å²) in [6.07, 6.45) is 0. The van der Waals surface area contributed by atoms with Gasteiger partial charge >= 0.3 is 0 Å². The van der Waals surface area contributed by atoms with Crippen molar-refractivity contribution in [2.24, 2.45) is 0 Å². The van der Waals surface area contributed by atoms with Crippen LogP contribution in [0.3, 0.4) is 0 Å². The Kier molecular flexibility index (Phi) is 5.12. The molecule has 0 saturated carbocycles. The van der Waals surface area contributed by atoms with Crippen molar-refractivity contribution >= 4 is 22.7 Å². The van der Waals surface area contributed by atoms with Crippen LogP contribution in [0.4, 0.5) is 4.39 Å². The predicted molar refractivity (Wildman–Crippen MR) is 110 cm³/mol. The van der Waals surface area contributed by atoms with Gasteiger partial charge in [0.05, 0.1) is 23.7 Å². The summed E-state index contributed by atoms with van der Waals surface area (Å²) >= 11 is 1.39. The second-order valence-electron chi connectivity index (χ2n) is 6.14. The molecular weight excluding hydrogens is 375 g/mol. The Bertz CT molecular complexity index is 1190. The van der Waals surface area contributed by atoms with Gasteiger partial charge in [0.25, 0.3) is 5.56 Å². The molecule has 1 aromatic heterocycles. The third kappa shape index (κ3) is 3.51. The molecule has 0 saturated heterocycles. The maximum Gasteiger partial charge on any atom is 0.266 e. The Labute approximate surface area is 165 Å². The molecule has 1 heterocycles. The summed E-state index contributed by atoms with van der Waals surface area (Å²) in [5.41, 5.74) is 1.56. The maximum atomic E-state index is 14.5. The molecule has 3 aromatic carbocycles. The van der Waals surface area contributed by atoms with E-state index in [9.17, 15) is 9.18 Å². The quantitative estimate of drug-likeness (QED) is 0.361. The number of aromatic nitrogens is 2. The molecule has 4 nitrogen and oxygen atoms in total. The summed E-state index contributed by atoms with van der Waals surface area (Å²) in [7, 11) is 1.62. The molecule has 0 fully saturated rings. The number of methoxy groups -OCH3 is 1.